The van der Waals surface area contributed by atoms with E-state index in [1.54, 1.807) is 44.2 Å². The summed E-state index contributed by atoms with van der Waals surface area (Å²) in [5.41, 5.74) is 1.55. The van der Waals surface area contributed by atoms with Crippen LogP contribution >= 0.6 is 11.6 Å². The molecule has 2 aliphatic heterocycles. The fraction of sp³-hybridized carbons (Fsp3) is 0.520. The van der Waals surface area contributed by atoms with Gasteiger partial charge in [0.25, 0.3) is 0 Å². The summed E-state index contributed by atoms with van der Waals surface area (Å²) >= 11 is 5.92. The monoisotopic (exact) mass is 541 g/mol. The number of methoxy groups -OCH3 is 2. The van der Waals surface area contributed by atoms with Crippen LogP contribution in [0, 0.1) is 5.92 Å². The summed E-state index contributed by atoms with van der Waals surface area (Å²) in [6, 6.07) is 7.04. The Morgan fingerprint density at radius 3 is 2.54 bits per heavy atom. The molecule has 12 heteroatoms. The smallest absolute Gasteiger partial charge is 0.462 e. The molecule has 4 rings (SSSR count). The Bertz CT molecular complexity index is 1110. The second-order valence-electron chi connectivity index (χ2n) is 9.21. The van der Waals surface area contributed by atoms with E-state index in [-0.39, 0.29) is 29.6 Å². The highest BCUT2D eigenvalue weighted by molar-refractivity contribution is 6.29. The van der Waals surface area contributed by atoms with Gasteiger partial charge < -0.3 is 23.7 Å². The lowest BCUT2D eigenvalue weighted by molar-refractivity contribution is -0.286. The highest BCUT2D eigenvalue weighted by atomic mass is 35.5. The Hall–Kier alpha value is -2.57. The number of alkyl halides is 2. The third kappa shape index (κ3) is 5.96. The van der Waals surface area contributed by atoms with Crippen LogP contribution in [0.15, 0.2) is 36.5 Å². The number of benzene rings is 1. The molecule has 0 amide bonds. The lowest BCUT2D eigenvalue weighted by Gasteiger charge is -2.55. The number of likely N-dealkylation sites (tertiary alicyclic amines) is 1. The zero-order valence-corrected chi connectivity index (χ0v) is 21.9. The zero-order chi connectivity index (χ0) is 26.9. The van der Waals surface area contributed by atoms with Crippen LogP contribution in [0.5, 0.6) is 11.5 Å². The molecule has 1 fully saturated rings. The van der Waals surface area contributed by atoms with E-state index in [4.69, 9.17) is 25.8 Å². The van der Waals surface area contributed by atoms with Crippen LogP contribution in [-0.2, 0) is 25.4 Å². The molecule has 1 aromatic heterocycles. The lowest BCUT2D eigenvalue weighted by atomic mass is 9.81. The topological polar surface area (TPSA) is 91.4 Å². The number of nitrogens with zero attached hydrogens (tertiary/aromatic N) is 2. The fourth-order valence-corrected chi connectivity index (χ4v) is 4.77. The molecule has 3 heterocycles. The maximum absolute atomic E-state index is 13.4. The first kappa shape index (κ1) is 27.5. The Morgan fingerprint density at radius 1 is 1.19 bits per heavy atom. The first-order chi connectivity index (χ1) is 17.5. The van der Waals surface area contributed by atoms with Gasteiger partial charge in [-0.25, -0.2) is 9.88 Å². The van der Waals surface area contributed by atoms with Crippen molar-refractivity contribution in [2.75, 3.05) is 14.2 Å². The number of hydrogen-bond donors (Lipinski definition) is 1. The van der Waals surface area contributed by atoms with Gasteiger partial charge in [0.15, 0.2) is 17.9 Å². The minimum atomic E-state index is -3.70. The van der Waals surface area contributed by atoms with Gasteiger partial charge in [0.05, 0.1) is 6.10 Å². The van der Waals surface area contributed by atoms with Gasteiger partial charge in [0, 0.05) is 32.4 Å². The minimum absolute atomic E-state index is 0.0394. The van der Waals surface area contributed by atoms with E-state index in [9.17, 15) is 13.6 Å². The van der Waals surface area contributed by atoms with E-state index in [1.807, 2.05) is 13.0 Å². The first-order valence-electron chi connectivity index (χ1n) is 11.8. The molecule has 1 N–H and O–H groups in total. The molecular formula is C25H30ClF2N3O6. The number of carbonyl (C=O) groups is 1. The van der Waals surface area contributed by atoms with Crippen LogP contribution < -0.4 is 14.8 Å². The average Bonchev–Trinajstić information content (AvgIpc) is 3.14. The van der Waals surface area contributed by atoms with Crippen LogP contribution in [-0.4, -0.2) is 61.1 Å². The van der Waals surface area contributed by atoms with Crippen molar-refractivity contribution in [3.63, 3.8) is 0 Å². The molecule has 0 saturated carbocycles. The van der Waals surface area contributed by atoms with Crippen LogP contribution in [0.2, 0.25) is 5.15 Å². The molecule has 1 saturated heterocycles. The minimum Gasteiger partial charge on any atom is -0.462 e. The summed E-state index contributed by atoms with van der Waals surface area (Å²) in [6.07, 6.45) is -3.10. The molecule has 5 atom stereocenters. The highest BCUT2D eigenvalue weighted by Gasteiger charge is 2.56. The quantitative estimate of drug-likeness (QED) is 0.271. The molecule has 9 nitrogen and oxygen atoms in total. The predicted octanol–water partition coefficient (Wildman–Crippen LogP) is 4.10. The van der Waals surface area contributed by atoms with Crippen molar-refractivity contribution in [1.29, 1.82) is 0 Å². The standard InChI is InChI=1S/C25H30ClF2N3O6/c1-13(2)35-23(32)21-17(10-15-6-9-20(26)29-12-15)22(33-4)31(21)24(34-5)30-14(3)16-7-8-18-19(11-16)37-25(27,28)36-18/h6-9,11-14,17,21-22,24,30H,10H2,1-5H3/t14?,17-,21?,22?,24?/m1/s1. The van der Waals surface area contributed by atoms with Crippen molar-refractivity contribution in [3.05, 3.63) is 52.8 Å². The van der Waals surface area contributed by atoms with Crippen molar-refractivity contribution < 1.29 is 37.3 Å². The van der Waals surface area contributed by atoms with Crippen molar-refractivity contribution >= 4 is 17.6 Å². The normalized spacial score (nSPS) is 24.0. The third-order valence-corrected chi connectivity index (χ3v) is 6.52. The van der Waals surface area contributed by atoms with E-state index in [0.29, 0.717) is 17.1 Å². The van der Waals surface area contributed by atoms with Gasteiger partial charge in [-0.05, 0) is 56.5 Å². The molecular weight excluding hydrogens is 512 g/mol. The summed E-state index contributed by atoms with van der Waals surface area (Å²) in [5.74, 6) is -0.750. The van der Waals surface area contributed by atoms with Crippen LogP contribution in [0.1, 0.15) is 37.9 Å². The summed E-state index contributed by atoms with van der Waals surface area (Å²) < 4.78 is 53.0. The lowest BCUT2D eigenvalue weighted by Crippen LogP contribution is -2.73. The molecule has 202 valence electrons. The van der Waals surface area contributed by atoms with Gasteiger partial charge in [-0.2, -0.15) is 0 Å². The first-order valence-corrected chi connectivity index (χ1v) is 12.2. The highest BCUT2D eigenvalue weighted by Crippen LogP contribution is 2.43. The van der Waals surface area contributed by atoms with E-state index >= 15 is 0 Å². The predicted molar refractivity (Wildman–Crippen MR) is 129 cm³/mol. The van der Waals surface area contributed by atoms with E-state index in [1.165, 1.54) is 19.2 Å². The maximum atomic E-state index is 13.4. The second-order valence-corrected chi connectivity index (χ2v) is 9.60. The number of fused-ring (bicyclic) bond motifs is 1. The fourth-order valence-electron chi connectivity index (χ4n) is 4.66. The van der Waals surface area contributed by atoms with Crippen molar-refractivity contribution in [2.45, 2.75) is 64.3 Å². The van der Waals surface area contributed by atoms with E-state index in [2.05, 4.69) is 19.8 Å². The summed E-state index contributed by atoms with van der Waals surface area (Å²) in [5, 5.41) is 3.67. The number of nitrogens with one attached hydrogen (secondary N) is 1. The molecule has 0 bridgehead atoms. The number of pyridine rings is 1. The molecule has 4 unspecified atom stereocenters. The van der Waals surface area contributed by atoms with Gasteiger partial charge in [-0.15, -0.1) is 8.78 Å². The molecule has 0 spiro atoms. The molecule has 1 aromatic carbocycles. The Balaban J connectivity index is 1.54. The molecule has 2 aromatic rings. The number of rotatable bonds is 10. The summed E-state index contributed by atoms with van der Waals surface area (Å²) in [4.78, 5) is 19.1. The number of hydrogen-bond acceptors (Lipinski definition) is 9. The van der Waals surface area contributed by atoms with Gasteiger partial charge in [0.2, 0.25) is 0 Å². The van der Waals surface area contributed by atoms with E-state index < -0.39 is 30.9 Å². The van der Waals surface area contributed by atoms with Gasteiger partial charge in [0.1, 0.15) is 17.4 Å². The van der Waals surface area contributed by atoms with Crippen LogP contribution in [0.25, 0.3) is 0 Å². The second kappa shape index (κ2) is 11.0. The van der Waals surface area contributed by atoms with Gasteiger partial charge in [-0.3, -0.25) is 10.1 Å². The van der Waals surface area contributed by atoms with Crippen molar-refractivity contribution in [2.24, 2.45) is 5.92 Å². The third-order valence-electron chi connectivity index (χ3n) is 6.29. The average molecular weight is 542 g/mol. The summed E-state index contributed by atoms with van der Waals surface area (Å²) in [6.45, 7) is 5.40. The van der Waals surface area contributed by atoms with E-state index in [0.717, 1.165) is 5.56 Å². The van der Waals surface area contributed by atoms with Crippen LogP contribution in [0.4, 0.5) is 8.78 Å². The number of carbonyl (C=O) groups excluding carboxylic acids is 1. The summed E-state index contributed by atoms with van der Waals surface area (Å²) in [7, 11) is 3.06. The van der Waals surface area contributed by atoms with Gasteiger partial charge >= 0.3 is 12.3 Å². The molecule has 37 heavy (non-hydrogen) atoms. The number of ether oxygens (including phenoxy) is 5. The molecule has 0 radical (unpaired) electrons. The number of halogens is 3. The Labute approximate surface area is 218 Å². The molecule has 2 aliphatic rings. The zero-order valence-electron chi connectivity index (χ0n) is 21.1. The number of esters is 1. The van der Waals surface area contributed by atoms with Crippen molar-refractivity contribution in [1.82, 2.24) is 15.2 Å². The van der Waals surface area contributed by atoms with Crippen molar-refractivity contribution in [3.8, 4) is 11.5 Å². The maximum Gasteiger partial charge on any atom is 0.586 e. The molecule has 0 aliphatic carbocycles. The number of aromatic nitrogens is 1. The van der Waals surface area contributed by atoms with Gasteiger partial charge in [-0.1, -0.05) is 23.7 Å². The SMILES string of the molecule is COC(NC(C)c1ccc2c(c1)OC(F)(F)O2)N1C(OC)[C@H](Cc2ccc(Cl)nc2)C1C(=O)OC(C)C. The largest absolute Gasteiger partial charge is 0.586 e. The Kier molecular flexibility index (Phi) is 8.20. The van der Waals surface area contributed by atoms with Crippen LogP contribution in [0.3, 0.4) is 0 Å². The Morgan fingerprint density at radius 2 is 1.92 bits per heavy atom.